The predicted octanol–water partition coefficient (Wildman–Crippen LogP) is 8.61. The molecule has 30 heavy (non-hydrogen) atoms. The van der Waals surface area contributed by atoms with Crippen molar-refractivity contribution in [1.82, 2.24) is 0 Å². The fraction of sp³-hybridized carbons (Fsp3) is 0. The SMILES string of the molecule is c1ccc2cc3c(ccc4ccc5cc6c(ccc7ccccc76)cc5c43)cc2c1. The zero-order valence-corrected chi connectivity index (χ0v) is 16.4. The molecular formula is C30H18. The van der Waals surface area contributed by atoms with Crippen LogP contribution in [0.15, 0.2) is 109 Å². The molecule has 0 saturated carbocycles. The Hall–Kier alpha value is -3.90. The summed E-state index contributed by atoms with van der Waals surface area (Å²) in [5.41, 5.74) is 0. The molecule has 138 valence electrons. The van der Waals surface area contributed by atoms with Crippen LogP contribution in [0.4, 0.5) is 0 Å². The van der Waals surface area contributed by atoms with Crippen molar-refractivity contribution >= 4 is 64.6 Å². The van der Waals surface area contributed by atoms with E-state index in [1.165, 1.54) is 64.6 Å². The van der Waals surface area contributed by atoms with Gasteiger partial charge in [-0.1, -0.05) is 84.9 Å². The van der Waals surface area contributed by atoms with Gasteiger partial charge in [0.2, 0.25) is 0 Å². The maximum absolute atomic E-state index is 2.38. The molecule has 0 heterocycles. The van der Waals surface area contributed by atoms with Gasteiger partial charge in [-0.2, -0.15) is 0 Å². The highest BCUT2D eigenvalue weighted by Gasteiger charge is 2.09. The lowest BCUT2D eigenvalue weighted by molar-refractivity contribution is 1.78. The van der Waals surface area contributed by atoms with E-state index in [1.807, 2.05) is 0 Å². The molecule has 0 amide bonds. The van der Waals surface area contributed by atoms with Crippen LogP contribution in [0.5, 0.6) is 0 Å². The third kappa shape index (κ3) is 2.16. The van der Waals surface area contributed by atoms with E-state index >= 15 is 0 Å². The summed E-state index contributed by atoms with van der Waals surface area (Å²) >= 11 is 0. The summed E-state index contributed by atoms with van der Waals surface area (Å²) in [6.07, 6.45) is 0. The van der Waals surface area contributed by atoms with Gasteiger partial charge in [0.05, 0.1) is 0 Å². The van der Waals surface area contributed by atoms with Crippen molar-refractivity contribution in [2.75, 3.05) is 0 Å². The Labute approximate surface area is 174 Å². The van der Waals surface area contributed by atoms with E-state index in [-0.39, 0.29) is 0 Å². The molecule has 0 aliphatic rings. The molecule has 0 heteroatoms. The Morgan fingerprint density at radius 1 is 0.267 bits per heavy atom. The first-order valence-electron chi connectivity index (χ1n) is 10.4. The van der Waals surface area contributed by atoms with Gasteiger partial charge in [0, 0.05) is 0 Å². The van der Waals surface area contributed by atoms with E-state index in [0.717, 1.165) is 0 Å². The van der Waals surface area contributed by atoms with Crippen molar-refractivity contribution in [1.29, 1.82) is 0 Å². The van der Waals surface area contributed by atoms with Gasteiger partial charge in [0.1, 0.15) is 0 Å². The maximum Gasteiger partial charge on any atom is -0.00264 e. The third-order valence-corrected chi connectivity index (χ3v) is 6.55. The lowest BCUT2D eigenvalue weighted by Gasteiger charge is -2.12. The first kappa shape index (κ1) is 16.0. The predicted molar refractivity (Wildman–Crippen MR) is 131 cm³/mol. The van der Waals surface area contributed by atoms with E-state index < -0.39 is 0 Å². The molecule has 0 nitrogen and oxygen atoms in total. The maximum atomic E-state index is 2.38. The quantitative estimate of drug-likeness (QED) is 0.183. The van der Waals surface area contributed by atoms with Crippen molar-refractivity contribution in [2.24, 2.45) is 0 Å². The number of hydrogen-bond donors (Lipinski definition) is 0. The zero-order valence-electron chi connectivity index (χ0n) is 16.4. The minimum atomic E-state index is 1.29. The molecule has 0 spiro atoms. The van der Waals surface area contributed by atoms with Gasteiger partial charge in [-0.25, -0.2) is 0 Å². The number of hydrogen-bond acceptors (Lipinski definition) is 0. The highest BCUT2D eigenvalue weighted by molar-refractivity contribution is 6.25. The molecule has 0 bridgehead atoms. The lowest BCUT2D eigenvalue weighted by atomic mass is 9.92. The van der Waals surface area contributed by atoms with Crippen LogP contribution >= 0.6 is 0 Å². The van der Waals surface area contributed by atoms with Crippen molar-refractivity contribution in [3.8, 4) is 0 Å². The summed E-state index contributed by atoms with van der Waals surface area (Å²) < 4.78 is 0. The molecule has 0 aliphatic carbocycles. The molecule has 7 aromatic carbocycles. The molecule has 0 fully saturated rings. The van der Waals surface area contributed by atoms with Crippen LogP contribution in [-0.2, 0) is 0 Å². The number of benzene rings is 7. The fourth-order valence-corrected chi connectivity index (χ4v) is 5.08. The van der Waals surface area contributed by atoms with Gasteiger partial charge in [0.25, 0.3) is 0 Å². The van der Waals surface area contributed by atoms with Crippen molar-refractivity contribution < 1.29 is 0 Å². The molecule has 0 aromatic heterocycles. The Morgan fingerprint density at radius 3 is 1.50 bits per heavy atom. The van der Waals surface area contributed by atoms with E-state index in [0.29, 0.717) is 0 Å². The zero-order chi connectivity index (χ0) is 19.7. The summed E-state index contributed by atoms with van der Waals surface area (Å²) in [5, 5.41) is 15.7. The van der Waals surface area contributed by atoms with E-state index in [2.05, 4.69) is 109 Å². The third-order valence-electron chi connectivity index (χ3n) is 6.55. The summed E-state index contributed by atoms with van der Waals surface area (Å²) in [6.45, 7) is 0. The summed E-state index contributed by atoms with van der Waals surface area (Å²) in [7, 11) is 0. The topological polar surface area (TPSA) is 0 Å². The van der Waals surface area contributed by atoms with Crippen LogP contribution < -0.4 is 0 Å². The molecule has 0 unspecified atom stereocenters. The van der Waals surface area contributed by atoms with Crippen LogP contribution in [0.3, 0.4) is 0 Å². The van der Waals surface area contributed by atoms with Gasteiger partial charge in [-0.05, 0) is 88.9 Å². The summed E-state index contributed by atoms with van der Waals surface area (Å²) in [4.78, 5) is 0. The molecule has 7 rings (SSSR count). The lowest BCUT2D eigenvalue weighted by Crippen LogP contribution is -1.84. The van der Waals surface area contributed by atoms with E-state index in [9.17, 15) is 0 Å². The minimum absolute atomic E-state index is 1.29. The summed E-state index contributed by atoms with van der Waals surface area (Å²) in [5.74, 6) is 0. The summed E-state index contributed by atoms with van der Waals surface area (Å²) in [6, 6.07) is 40.3. The first-order chi connectivity index (χ1) is 14.8. The molecule has 0 saturated heterocycles. The van der Waals surface area contributed by atoms with Crippen molar-refractivity contribution in [3.63, 3.8) is 0 Å². The van der Waals surface area contributed by atoms with Crippen LogP contribution in [0.2, 0.25) is 0 Å². The fourth-order valence-electron chi connectivity index (χ4n) is 5.08. The van der Waals surface area contributed by atoms with Crippen LogP contribution in [0, 0.1) is 0 Å². The molecule has 0 radical (unpaired) electrons. The Bertz CT molecular complexity index is 1790. The van der Waals surface area contributed by atoms with Gasteiger partial charge < -0.3 is 0 Å². The molecule has 7 aromatic rings. The minimum Gasteiger partial charge on any atom is -0.0616 e. The van der Waals surface area contributed by atoms with Gasteiger partial charge >= 0.3 is 0 Å². The smallest absolute Gasteiger partial charge is 0.00264 e. The molecule has 0 N–H and O–H groups in total. The normalized spacial score (nSPS) is 12.0. The van der Waals surface area contributed by atoms with Crippen LogP contribution in [0.1, 0.15) is 0 Å². The second kappa shape index (κ2) is 5.81. The molecular weight excluding hydrogens is 360 g/mol. The molecule has 0 aliphatic heterocycles. The number of rotatable bonds is 0. The second-order valence-corrected chi connectivity index (χ2v) is 8.23. The standard InChI is InChI=1S/C30H18/c1-2-7-22-16-28-23(15-21(22)6-1)13-10-20-11-14-25-17-27-24(18-29(25)30(20)28)12-9-19-5-3-4-8-26(19)27/h1-18H. The second-order valence-electron chi connectivity index (χ2n) is 8.23. The Kier molecular flexibility index (Phi) is 3.09. The Morgan fingerprint density at radius 2 is 0.733 bits per heavy atom. The Balaban J connectivity index is 1.69. The average Bonchev–Trinajstić information content (AvgIpc) is 2.81. The average molecular weight is 378 g/mol. The van der Waals surface area contributed by atoms with Crippen molar-refractivity contribution in [2.45, 2.75) is 0 Å². The molecule has 0 atom stereocenters. The monoisotopic (exact) mass is 378 g/mol. The van der Waals surface area contributed by atoms with Crippen LogP contribution in [0.25, 0.3) is 64.6 Å². The van der Waals surface area contributed by atoms with Crippen LogP contribution in [-0.4, -0.2) is 0 Å². The van der Waals surface area contributed by atoms with Gasteiger partial charge in [0.15, 0.2) is 0 Å². The number of fused-ring (bicyclic) bond motifs is 9. The van der Waals surface area contributed by atoms with Gasteiger partial charge in [-0.3, -0.25) is 0 Å². The van der Waals surface area contributed by atoms with Crippen molar-refractivity contribution in [3.05, 3.63) is 109 Å². The van der Waals surface area contributed by atoms with Gasteiger partial charge in [-0.15, -0.1) is 0 Å². The first-order valence-corrected chi connectivity index (χ1v) is 10.4. The van der Waals surface area contributed by atoms with E-state index in [1.54, 1.807) is 0 Å². The highest BCUT2D eigenvalue weighted by atomic mass is 14.1. The highest BCUT2D eigenvalue weighted by Crippen LogP contribution is 2.37. The van der Waals surface area contributed by atoms with E-state index in [4.69, 9.17) is 0 Å². The largest absolute Gasteiger partial charge is 0.0616 e.